The largest absolute Gasteiger partial charge is 0.376 e. The molecular formula is C14H20N2O2. The lowest BCUT2D eigenvalue weighted by Crippen LogP contribution is -2.33. The van der Waals surface area contributed by atoms with Crippen LogP contribution in [0.2, 0.25) is 0 Å². The zero-order valence-electron chi connectivity index (χ0n) is 10.5. The normalized spacial score (nSPS) is 20.6. The van der Waals surface area contributed by atoms with Crippen LogP contribution in [-0.2, 0) is 9.53 Å². The molecule has 0 saturated carbocycles. The second-order valence-electron chi connectivity index (χ2n) is 4.66. The molecule has 1 heterocycles. The van der Waals surface area contributed by atoms with Crippen molar-refractivity contribution < 1.29 is 9.53 Å². The highest BCUT2D eigenvalue weighted by molar-refractivity contribution is 5.76. The first-order chi connectivity index (χ1) is 8.75. The Morgan fingerprint density at radius 2 is 2.22 bits per heavy atom. The first-order valence-electron chi connectivity index (χ1n) is 6.44. The number of carbonyl (C=O) groups is 1. The van der Waals surface area contributed by atoms with Crippen LogP contribution in [0.3, 0.4) is 0 Å². The van der Waals surface area contributed by atoms with Gasteiger partial charge in [0, 0.05) is 25.6 Å². The van der Waals surface area contributed by atoms with Gasteiger partial charge in [0.25, 0.3) is 0 Å². The lowest BCUT2D eigenvalue weighted by atomic mass is 10.0. The average Bonchev–Trinajstić information content (AvgIpc) is 2.90. The van der Waals surface area contributed by atoms with Crippen LogP contribution in [0, 0.1) is 0 Å². The third-order valence-electron chi connectivity index (χ3n) is 3.18. The summed E-state index contributed by atoms with van der Waals surface area (Å²) in [6.45, 7) is 1.41. The molecule has 1 amide bonds. The van der Waals surface area contributed by atoms with Crippen molar-refractivity contribution in [3.8, 4) is 0 Å². The Kier molecular flexibility index (Phi) is 4.73. The minimum absolute atomic E-state index is 0.0122. The number of nitrogens with two attached hydrogens (primary N) is 1. The molecule has 1 fully saturated rings. The maximum absolute atomic E-state index is 11.7. The number of ether oxygens (including phenoxy) is 1. The van der Waals surface area contributed by atoms with Gasteiger partial charge in [-0.3, -0.25) is 4.79 Å². The van der Waals surface area contributed by atoms with Crippen molar-refractivity contribution in [2.24, 2.45) is 5.73 Å². The number of hydrogen-bond acceptors (Lipinski definition) is 3. The van der Waals surface area contributed by atoms with E-state index in [9.17, 15) is 4.79 Å². The fourth-order valence-corrected chi connectivity index (χ4v) is 2.12. The summed E-state index contributed by atoms with van der Waals surface area (Å²) in [7, 11) is 0. The molecule has 1 aliphatic heterocycles. The molecule has 3 N–H and O–H groups in total. The highest BCUT2D eigenvalue weighted by Gasteiger charge is 2.17. The van der Waals surface area contributed by atoms with Gasteiger partial charge < -0.3 is 15.8 Å². The molecule has 0 spiro atoms. The summed E-state index contributed by atoms with van der Waals surface area (Å²) in [4.78, 5) is 11.7. The summed E-state index contributed by atoms with van der Waals surface area (Å²) in [5.74, 6) is -0.0122. The van der Waals surface area contributed by atoms with Crippen LogP contribution < -0.4 is 11.1 Å². The molecule has 2 atom stereocenters. The van der Waals surface area contributed by atoms with Crippen LogP contribution in [0.1, 0.15) is 30.9 Å². The van der Waals surface area contributed by atoms with E-state index in [4.69, 9.17) is 10.5 Å². The molecule has 2 rings (SSSR count). The minimum atomic E-state index is -0.240. The number of amides is 1. The molecule has 1 aliphatic rings. The van der Waals surface area contributed by atoms with Crippen LogP contribution in [-0.4, -0.2) is 25.2 Å². The van der Waals surface area contributed by atoms with Crippen molar-refractivity contribution in [2.45, 2.75) is 31.4 Å². The fraction of sp³-hybridized carbons (Fsp3) is 0.500. The summed E-state index contributed by atoms with van der Waals surface area (Å²) >= 11 is 0. The third-order valence-corrected chi connectivity index (χ3v) is 3.18. The van der Waals surface area contributed by atoms with Gasteiger partial charge in [-0.25, -0.2) is 0 Å². The Morgan fingerprint density at radius 1 is 1.44 bits per heavy atom. The molecular weight excluding hydrogens is 228 g/mol. The molecule has 0 aromatic heterocycles. The summed E-state index contributed by atoms with van der Waals surface area (Å²) in [6.07, 6.45) is 2.62. The van der Waals surface area contributed by atoms with Crippen molar-refractivity contribution in [1.82, 2.24) is 5.32 Å². The molecule has 1 saturated heterocycles. The third kappa shape index (κ3) is 3.82. The zero-order valence-corrected chi connectivity index (χ0v) is 10.5. The lowest BCUT2D eigenvalue weighted by Gasteiger charge is -2.14. The van der Waals surface area contributed by atoms with E-state index in [-0.39, 0.29) is 18.1 Å². The van der Waals surface area contributed by atoms with Crippen LogP contribution in [0.15, 0.2) is 30.3 Å². The summed E-state index contributed by atoms with van der Waals surface area (Å²) in [6, 6.07) is 9.44. The SMILES string of the molecule is N[C@H](CC(=O)NC[C@@H]1CCCO1)c1ccccc1. The van der Waals surface area contributed by atoms with Gasteiger partial charge in [0.2, 0.25) is 5.91 Å². The molecule has 18 heavy (non-hydrogen) atoms. The molecule has 0 radical (unpaired) electrons. The quantitative estimate of drug-likeness (QED) is 0.827. The van der Waals surface area contributed by atoms with Gasteiger partial charge >= 0.3 is 0 Å². The van der Waals surface area contributed by atoms with Crippen molar-refractivity contribution in [3.63, 3.8) is 0 Å². The zero-order chi connectivity index (χ0) is 12.8. The Labute approximate surface area is 108 Å². The lowest BCUT2D eigenvalue weighted by molar-refractivity contribution is -0.121. The van der Waals surface area contributed by atoms with Gasteiger partial charge in [-0.15, -0.1) is 0 Å². The van der Waals surface area contributed by atoms with Gasteiger partial charge in [0.15, 0.2) is 0 Å². The summed E-state index contributed by atoms with van der Waals surface area (Å²) in [5.41, 5.74) is 6.98. The standard InChI is InChI=1S/C14H20N2O2/c15-13(11-5-2-1-3-6-11)9-14(17)16-10-12-7-4-8-18-12/h1-3,5-6,12-13H,4,7-10,15H2,(H,16,17)/t12-,13+/m0/s1. The fourth-order valence-electron chi connectivity index (χ4n) is 2.12. The smallest absolute Gasteiger partial charge is 0.221 e. The van der Waals surface area contributed by atoms with E-state index in [1.807, 2.05) is 30.3 Å². The first kappa shape index (κ1) is 13.1. The van der Waals surface area contributed by atoms with E-state index in [0.29, 0.717) is 13.0 Å². The van der Waals surface area contributed by atoms with E-state index in [0.717, 1.165) is 25.0 Å². The highest BCUT2D eigenvalue weighted by atomic mass is 16.5. The van der Waals surface area contributed by atoms with Crippen molar-refractivity contribution in [2.75, 3.05) is 13.2 Å². The van der Waals surface area contributed by atoms with Gasteiger partial charge in [0.1, 0.15) is 0 Å². The molecule has 0 bridgehead atoms. The Hall–Kier alpha value is -1.39. The maximum atomic E-state index is 11.7. The van der Waals surface area contributed by atoms with Crippen LogP contribution in [0.4, 0.5) is 0 Å². The monoisotopic (exact) mass is 248 g/mol. The van der Waals surface area contributed by atoms with Crippen molar-refractivity contribution in [1.29, 1.82) is 0 Å². The molecule has 98 valence electrons. The predicted molar refractivity (Wildman–Crippen MR) is 70.0 cm³/mol. The average molecular weight is 248 g/mol. The van der Waals surface area contributed by atoms with E-state index in [1.165, 1.54) is 0 Å². The van der Waals surface area contributed by atoms with Gasteiger partial charge in [0.05, 0.1) is 6.10 Å². The number of rotatable bonds is 5. The van der Waals surface area contributed by atoms with Crippen LogP contribution in [0.5, 0.6) is 0 Å². The highest BCUT2D eigenvalue weighted by Crippen LogP contribution is 2.14. The van der Waals surface area contributed by atoms with Crippen molar-refractivity contribution in [3.05, 3.63) is 35.9 Å². The molecule has 4 heteroatoms. The predicted octanol–water partition coefficient (Wildman–Crippen LogP) is 1.37. The van der Waals surface area contributed by atoms with Gasteiger partial charge in [-0.05, 0) is 18.4 Å². The number of carbonyl (C=O) groups excluding carboxylic acids is 1. The topological polar surface area (TPSA) is 64.4 Å². The molecule has 0 unspecified atom stereocenters. The van der Waals surface area contributed by atoms with E-state index in [1.54, 1.807) is 0 Å². The second-order valence-corrected chi connectivity index (χ2v) is 4.66. The Bertz CT molecular complexity index is 375. The number of nitrogens with one attached hydrogen (secondary N) is 1. The minimum Gasteiger partial charge on any atom is -0.376 e. The number of hydrogen-bond donors (Lipinski definition) is 2. The van der Waals surface area contributed by atoms with E-state index < -0.39 is 0 Å². The Morgan fingerprint density at radius 3 is 2.89 bits per heavy atom. The molecule has 1 aromatic rings. The summed E-state index contributed by atoms with van der Waals surface area (Å²) in [5, 5.41) is 2.88. The van der Waals surface area contributed by atoms with E-state index in [2.05, 4.69) is 5.32 Å². The molecule has 1 aromatic carbocycles. The molecule has 4 nitrogen and oxygen atoms in total. The Balaban J connectivity index is 1.73. The van der Waals surface area contributed by atoms with Crippen LogP contribution >= 0.6 is 0 Å². The van der Waals surface area contributed by atoms with Crippen LogP contribution in [0.25, 0.3) is 0 Å². The van der Waals surface area contributed by atoms with Crippen molar-refractivity contribution >= 4 is 5.91 Å². The second kappa shape index (κ2) is 6.52. The van der Waals surface area contributed by atoms with Gasteiger partial charge in [-0.2, -0.15) is 0 Å². The van der Waals surface area contributed by atoms with Gasteiger partial charge in [-0.1, -0.05) is 30.3 Å². The summed E-state index contributed by atoms with van der Waals surface area (Å²) < 4.78 is 5.45. The first-order valence-corrected chi connectivity index (χ1v) is 6.44. The maximum Gasteiger partial charge on any atom is 0.221 e. The molecule has 0 aliphatic carbocycles. The van der Waals surface area contributed by atoms with E-state index >= 15 is 0 Å². The number of benzene rings is 1.